The number of benzene rings is 22. The standard InChI is InChI=1S/C128H80N4/c1-2-33-81(34-3-1)84-39-26-41-86(77-84)129(118-65-21-14-50-104(118)98-46-10-8-44-96(98)93-53-27-37-82-35-4-6-42-90(82)93)88-72-75-103-101-49-13-18-60-111(101)128(117(103)79-88)113-62-20-25-69-122(113)132-123-70-32-56-107(124(123)109-58-31-64-115(128)126(109)132)95-55-29-40-85-78-87(71-74-92(85)95)130(119-66-22-15-51-105(119)99-47-11-9-45-97(99)94-54-28-38-83-36-5-7-43-91(83)94)89-73-76-102-100-48-12-17-59-110(100)127(116(102)80-89)112-61-19-24-68-121(112)131-120-67-23-16-52-106(120)108-57-30-63-114(127)125(108)131/h1-80H. The highest BCUT2D eigenvalue weighted by Crippen LogP contribution is 2.66. The number of hydrogen-bond donors (Lipinski definition) is 0. The maximum atomic E-state index is 2.61. The largest absolute Gasteiger partial charge is 0.310 e. The van der Waals surface area contributed by atoms with Gasteiger partial charge in [-0.3, -0.25) is 0 Å². The van der Waals surface area contributed by atoms with Crippen LogP contribution >= 0.6 is 0 Å². The van der Waals surface area contributed by atoms with Crippen molar-refractivity contribution in [2.45, 2.75) is 10.8 Å². The Kier molecular flexibility index (Phi) is 16.1. The van der Waals surface area contributed by atoms with Crippen LogP contribution < -0.4 is 9.80 Å². The lowest BCUT2D eigenvalue weighted by atomic mass is 9.65. The van der Waals surface area contributed by atoms with Crippen molar-refractivity contribution in [2.75, 3.05) is 9.80 Å². The number of fused-ring (bicyclic) bond motifs is 27. The van der Waals surface area contributed by atoms with Crippen molar-refractivity contribution in [2.24, 2.45) is 0 Å². The first-order valence-corrected chi connectivity index (χ1v) is 45.9. The fourth-order valence-corrected chi connectivity index (χ4v) is 24.3. The molecular weight excluding hydrogens is 1590 g/mol. The molecule has 2 atom stereocenters. The first-order chi connectivity index (χ1) is 65.5. The van der Waals surface area contributed by atoms with Gasteiger partial charge in [0.15, 0.2) is 0 Å². The van der Waals surface area contributed by atoms with E-state index < -0.39 is 10.8 Å². The zero-order chi connectivity index (χ0) is 86.4. The summed E-state index contributed by atoms with van der Waals surface area (Å²) in [6.07, 6.45) is 0. The Morgan fingerprint density at radius 1 is 0.167 bits per heavy atom. The third kappa shape index (κ3) is 10.4. The van der Waals surface area contributed by atoms with Crippen LogP contribution in [0.1, 0.15) is 44.5 Å². The van der Waals surface area contributed by atoms with Crippen molar-refractivity contribution in [3.8, 4) is 100 Å². The summed E-state index contributed by atoms with van der Waals surface area (Å²) in [6.45, 7) is 0. The van der Waals surface area contributed by atoms with Crippen LogP contribution in [0.15, 0.2) is 485 Å². The SMILES string of the molecule is c1ccc(-c2cccc(N(c3ccc4c(c3)C3(c5ccccc5-4)c4ccccc4-n4c5cccc(-c6cccc7cc(N(c8ccc9c(c8)C8(c%10ccccc%10-9)c9ccccc9-n9c%10ccccc%10c%10cccc8c%109)c8ccccc8-c8ccccc8-c8cccc9ccccc89)ccc67)c5c5cccc3c54)c3ccccc3-c3ccccc3-c3cccc4ccccc34)c2)cc1. The normalized spacial score (nSPS) is 14.6. The lowest BCUT2D eigenvalue weighted by Crippen LogP contribution is -2.33. The summed E-state index contributed by atoms with van der Waals surface area (Å²) in [5.74, 6) is 0. The van der Waals surface area contributed by atoms with Gasteiger partial charge in [0.05, 0.1) is 55.6 Å². The van der Waals surface area contributed by atoms with Gasteiger partial charge in [0.2, 0.25) is 0 Å². The van der Waals surface area contributed by atoms with E-state index in [1.165, 1.54) is 177 Å². The Morgan fingerprint density at radius 2 is 0.508 bits per heavy atom. The van der Waals surface area contributed by atoms with E-state index in [-0.39, 0.29) is 0 Å². The second kappa shape index (κ2) is 28.7. The van der Waals surface area contributed by atoms with E-state index in [1.54, 1.807) is 0 Å². The zero-order valence-corrected chi connectivity index (χ0v) is 72.0. The predicted octanol–water partition coefficient (Wildman–Crippen LogP) is 33.6. The molecule has 0 bridgehead atoms. The molecule has 0 fully saturated rings. The highest BCUT2D eigenvalue weighted by Gasteiger charge is 2.53. The van der Waals surface area contributed by atoms with Crippen LogP contribution in [0, 0.1) is 0 Å². The second-order valence-corrected chi connectivity index (χ2v) is 35.9. The number of nitrogens with zero attached hydrogens (tertiary/aromatic N) is 4. The molecule has 4 heteroatoms. The van der Waals surface area contributed by atoms with Crippen LogP contribution in [-0.4, -0.2) is 9.13 Å². The fraction of sp³-hybridized carbons (Fsp3) is 0.0156. The first kappa shape index (κ1) is 74.0. The third-order valence-corrected chi connectivity index (χ3v) is 29.5. The smallest absolute Gasteiger partial charge is 0.0755 e. The average molecular weight is 1670 g/mol. The first-order valence-electron chi connectivity index (χ1n) is 45.9. The highest BCUT2D eigenvalue weighted by molar-refractivity contribution is 6.21. The molecule has 612 valence electrons. The molecule has 4 aliphatic rings. The Morgan fingerprint density at radius 3 is 1.09 bits per heavy atom. The molecule has 4 heterocycles. The molecular formula is C128H80N4. The average Bonchev–Trinajstić information content (AvgIpc) is 1.50. The van der Waals surface area contributed by atoms with Crippen molar-refractivity contribution in [1.29, 1.82) is 0 Å². The van der Waals surface area contributed by atoms with E-state index in [2.05, 4.69) is 504 Å². The number of rotatable bonds is 12. The van der Waals surface area contributed by atoms with Gasteiger partial charge in [-0.25, -0.2) is 0 Å². The number of para-hydroxylation sites is 7. The van der Waals surface area contributed by atoms with Gasteiger partial charge in [-0.15, -0.1) is 0 Å². The second-order valence-electron chi connectivity index (χ2n) is 35.9. The van der Waals surface area contributed by atoms with Crippen molar-refractivity contribution in [1.82, 2.24) is 9.13 Å². The summed E-state index contributed by atoms with van der Waals surface area (Å²) in [5, 5.41) is 12.1. The van der Waals surface area contributed by atoms with Gasteiger partial charge in [-0.2, -0.15) is 0 Å². The molecule has 22 aromatic carbocycles. The van der Waals surface area contributed by atoms with Gasteiger partial charge < -0.3 is 18.9 Å². The van der Waals surface area contributed by atoms with Crippen LogP contribution in [0.3, 0.4) is 0 Å². The number of hydrogen-bond acceptors (Lipinski definition) is 2. The Labute approximate surface area is 764 Å². The molecule has 24 aromatic rings. The Balaban J connectivity index is 0.638. The summed E-state index contributed by atoms with van der Waals surface area (Å²) in [5.41, 5.74) is 41.2. The van der Waals surface area contributed by atoms with Gasteiger partial charge in [-0.1, -0.05) is 400 Å². The van der Waals surface area contributed by atoms with Crippen molar-refractivity contribution in [3.63, 3.8) is 0 Å². The maximum absolute atomic E-state index is 2.61. The lowest BCUT2D eigenvalue weighted by molar-refractivity contribution is 0.748. The minimum atomic E-state index is -0.765. The molecule has 2 aliphatic carbocycles. The highest BCUT2D eigenvalue weighted by atomic mass is 15.2. The van der Waals surface area contributed by atoms with Crippen LogP contribution in [-0.2, 0) is 10.8 Å². The molecule has 0 amide bonds. The van der Waals surface area contributed by atoms with Crippen molar-refractivity contribution in [3.05, 3.63) is 530 Å². The van der Waals surface area contributed by atoms with Gasteiger partial charge in [0, 0.05) is 55.4 Å². The summed E-state index contributed by atoms with van der Waals surface area (Å²) in [6, 6.07) is 184. The minimum absolute atomic E-state index is 0.684. The molecule has 4 nitrogen and oxygen atoms in total. The third-order valence-electron chi connectivity index (χ3n) is 29.5. The molecule has 2 aromatic heterocycles. The summed E-state index contributed by atoms with van der Waals surface area (Å²) >= 11 is 0. The molecule has 0 radical (unpaired) electrons. The van der Waals surface area contributed by atoms with Gasteiger partial charge >= 0.3 is 0 Å². The lowest BCUT2D eigenvalue weighted by Gasteiger charge is -2.40. The molecule has 2 aliphatic heterocycles. The summed E-state index contributed by atoms with van der Waals surface area (Å²) in [7, 11) is 0. The molecule has 28 rings (SSSR count). The Bertz CT molecular complexity index is 9020. The van der Waals surface area contributed by atoms with Crippen molar-refractivity contribution >= 4 is 110 Å². The van der Waals surface area contributed by atoms with Crippen LogP contribution in [0.5, 0.6) is 0 Å². The fourth-order valence-electron chi connectivity index (χ4n) is 24.3. The van der Waals surface area contributed by atoms with E-state index in [9.17, 15) is 0 Å². The van der Waals surface area contributed by atoms with E-state index in [0.29, 0.717) is 0 Å². The van der Waals surface area contributed by atoms with E-state index in [1.807, 2.05) is 0 Å². The molecule has 0 N–H and O–H groups in total. The predicted molar refractivity (Wildman–Crippen MR) is 551 cm³/mol. The maximum Gasteiger partial charge on any atom is 0.0755 e. The Hall–Kier alpha value is -17.2. The van der Waals surface area contributed by atoms with Gasteiger partial charge in [-0.05, 0) is 240 Å². The van der Waals surface area contributed by atoms with E-state index in [4.69, 9.17) is 0 Å². The molecule has 132 heavy (non-hydrogen) atoms. The van der Waals surface area contributed by atoms with Gasteiger partial charge in [0.1, 0.15) is 0 Å². The van der Waals surface area contributed by atoms with E-state index >= 15 is 0 Å². The molecule has 0 saturated heterocycles. The van der Waals surface area contributed by atoms with Crippen LogP contribution in [0.4, 0.5) is 34.1 Å². The molecule has 2 unspecified atom stereocenters. The quantitative estimate of drug-likeness (QED) is 0.121. The molecule has 2 spiro atoms. The number of aromatic nitrogens is 2. The summed E-state index contributed by atoms with van der Waals surface area (Å²) < 4.78 is 5.16. The van der Waals surface area contributed by atoms with E-state index in [0.717, 1.165) is 78.4 Å². The van der Waals surface area contributed by atoms with Crippen LogP contribution in [0.25, 0.3) is 176 Å². The topological polar surface area (TPSA) is 16.3 Å². The zero-order valence-electron chi connectivity index (χ0n) is 72.0. The molecule has 0 saturated carbocycles. The summed E-state index contributed by atoms with van der Waals surface area (Å²) in [4.78, 5) is 5.10. The van der Waals surface area contributed by atoms with Crippen LogP contribution in [0.2, 0.25) is 0 Å². The minimum Gasteiger partial charge on any atom is -0.310 e. The monoisotopic (exact) mass is 1670 g/mol. The van der Waals surface area contributed by atoms with Crippen molar-refractivity contribution < 1.29 is 0 Å². The van der Waals surface area contributed by atoms with Gasteiger partial charge in [0.25, 0.3) is 0 Å². The number of anilines is 6.